The first-order chi connectivity index (χ1) is 13.6. The number of nitrogens with zero attached hydrogens (tertiary/aromatic N) is 3. The highest BCUT2D eigenvalue weighted by Gasteiger charge is 2.13. The minimum atomic E-state index is 0.110. The van der Waals surface area contributed by atoms with Crippen molar-refractivity contribution >= 4 is 17.6 Å². The predicted octanol–water partition coefficient (Wildman–Crippen LogP) is 3.36. The second kappa shape index (κ2) is 8.62. The molecule has 8 heteroatoms. The second-order valence-corrected chi connectivity index (χ2v) is 6.51. The van der Waals surface area contributed by atoms with Gasteiger partial charge in [0.2, 0.25) is 4.80 Å². The molecule has 0 bridgehead atoms. The molecular formula is C20H21N3O4S. The zero-order valence-corrected chi connectivity index (χ0v) is 16.9. The van der Waals surface area contributed by atoms with Crippen LogP contribution >= 0.6 is 11.3 Å². The standard InChI is InChI=1S/C20H21N3O4S/c1-21-20-23(22-11-13-9-14(25-2)6-8-18(13)24)17(12-28-20)16-7-5-15(26-3)10-19(16)27-4/h5-12,24H,1-4H3. The van der Waals surface area contributed by atoms with Crippen molar-refractivity contribution in [1.29, 1.82) is 0 Å². The number of hydrogen-bond donors (Lipinski definition) is 1. The summed E-state index contributed by atoms with van der Waals surface area (Å²) in [5.74, 6) is 2.10. The minimum Gasteiger partial charge on any atom is -0.507 e. The highest BCUT2D eigenvalue weighted by molar-refractivity contribution is 7.07. The average Bonchev–Trinajstić information content (AvgIpc) is 3.15. The lowest BCUT2D eigenvalue weighted by Crippen LogP contribution is -2.11. The Labute approximate surface area is 166 Å². The maximum absolute atomic E-state index is 10.1. The third-order valence-corrected chi connectivity index (χ3v) is 5.02. The largest absolute Gasteiger partial charge is 0.507 e. The Morgan fingerprint density at radius 1 is 1.00 bits per heavy atom. The number of ether oxygens (including phenoxy) is 3. The molecular weight excluding hydrogens is 378 g/mol. The van der Waals surface area contributed by atoms with E-state index in [1.54, 1.807) is 57.5 Å². The van der Waals surface area contributed by atoms with Crippen LogP contribution in [0.2, 0.25) is 0 Å². The Hall–Kier alpha value is -3.26. The van der Waals surface area contributed by atoms with Gasteiger partial charge in [0.05, 0.1) is 33.2 Å². The molecule has 1 aromatic heterocycles. The van der Waals surface area contributed by atoms with Gasteiger partial charge < -0.3 is 19.3 Å². The summed E-state index contributed by atoms with van der Waals surface area (Å²) in [5, 5.41) is 16.6. The number of phenolic OH excluding ortho intramolecular Hbond substituents is 1. The van der Waals surface area contributed by atoms with E-state index in [9.17, 15) is 5.11 Å². The van der Waals surface area contributed by atoms with Crippen LogP contribution in [0.15, 0.2) is 51.9 Å². The van der Waals surface area contributed by atoms with Gasteiger partial charge >= 0.3 is 0 Å². The molecule has 1 N–H and O–H groups in total. The summed E-state index contributed by atoms with van der Waals surface area (Å²) < 4.78 is 17.7. The van der Waals surface area contributed by atoms with Crippen LogP contribution < -0.4 is 19.0 Å². The number of thiazole rings is 1. The molecule has 1 heterocycles. The first-order valence-electron chi connectivity index (χ1n) is 8.38. The monoisotopic (exact) mass is 399 g/mol. The van der Waals surface area contributed by atoms with Crippen LogP contribution in [0.5, 0.6) is 23.0 Å². The second-order valence-electron chi connectivity index (χ2n) is 5.67. The lowest BCUT2D eigenvalue weighted by atomic mass is 10.1. The molecule has 0 spiro atoms. The van der Waals surface area contributed by atoms with Crippen molar-refractivity contribution in [3.63, 3.8) is 0 Å². The van der Waals surface area contributed by atoms with E-state index in [2.05, 4.69) is 10.1 Å². The van der Waals surface area contributed by atoms with Crippen molar-refractivity contribution in [1.82, 2.24) is 4.68 Å². The number of benzene rings is 2. The number of rotatable bonds is 6. The van der Waals surface area contributed by atoms with E-state index in [1.165, 1.54) is 11.3 Å². The van der Waals surface area contributed by atoms with Crippen molar-refractivity contribution < 1.29 is 19.3 Å². The van der Waals surface area contributed by atoms with Gasteiger partial charge in [-0.3, -0.25) is 4.99 Å². The van der Waals surface area contributed by atoms with Crippen LogP contribution in [0.3, 0.4) is 0 Å². The van der Waals surface area contributed by atoms with Crippen LogP contribution in [0.1, 0.15) is 5.56 Å². The Kier molecular flexibility index (Phi) is 6.00. The highest BCUT2D eigenvalue weighted by atomic mass is 32.1. The SMILES string of the molecule is CN=c1scc(-c2ccc(OC)cc2OC)n1N=Cc1cc(OC)ccc1O. The Bertz CT molecular complexity index is 1070. The van der Waals surface area contributed by atoms with Gasteiger partial charge in [-0.2, -0.15) is 5.10 Å². The Morgan fingerprint density at radius 2 is 1.71 bits per heavy atom. The molecule has 28 heavy (non-hydrogen) atoms. The van der Waals surface area contributed by atoms with E-state index >= 15 is 0 Å². The molecule has 3 rings (SSSR count). The van der Waals surface area contributed by atoms with Crippen molar-refractivity contribution in [2.45, 2.75) is 0 Å². The number of phenols is 1. The Morgan fingerprint density at radius 3 is 2.39 bits per heavy atom. The smallest absolute Gasteiger partial charge is 0.205 e. The highest BCUT2D eigenvalue weighted by Crippen LogP contribution is 2.33. The topological polar surface area (TPSA) is 77.6 Å². The van der Waals surface area contributed by atoms with Crippen molar-refractivity contribution in [2.24, 2.45) is 10.1 Å². The Balaban J connectivity index is 2.10. The first-order valence-corrected chi connectivity index (χ1v) is 9.26. The maximum Gasteiger partial charge on any atom is 0.205 e. The number of aromatic hydroxyl groups is 1. The molecule has 0 unspecified atom stereocenters. The van der Waals surface area contributed by atoms with E-state index in [0.29, 0.717) is 27.6 Å². The fourth-order valence-electron chi connectivity index (χ4n) is 2.64. The van der Waals surface area contributed by atoms with Gasteiger partial charge in [-0.15, -0.1) is 11.3 Å². The summed E-state index contributed by atoms with van der Waals surface area (Å²) in [4.78, 5) is 4.99. The van der Waals surface area contributed by atoms with Gasteiger partial charge in [0.1, 0.15) is 23.0 Å². The van der Waals surface area contributed by atoms with Crippen LogP contribution in [0, 0.1) is 0 Å². The third-order valence-electron chi connectivity index (χ3n) is 4.11. The van der Waals surface area contributed by atoms with E-state index in [-0.39, 0.29) is 5.75 Å². The number of methoxy groups -OCH3 is 3. The van der Waals surface area contributed by atoms with Gasteiger partial charge in [0, 0.05) is 29.6 Å². The fraction of sp³-hybridized carbons (Fsp3) is 0.200. The molecule has 3 aromatic rings. The van der Waals surface area contributed by atoms with Crippen molar-refractivity contribution in [3.05, 3.63) is 52.1 Å². The van der Waals surface area contributed by atoms with E-state index in [1.807, 2.05) is 23.6 Å². The molecule has 0 aliphatic carbocycles. The van der Waals surface area contributed by atoms with E-state index in [0.717, 1.165) is 11.3 Å². The summed E-state index contributed by atoms with van der Waals surface area (Å²) in [5.41, 5.74) is 2.19. The van der Waals surface area contributed by atoms with Gasteiger partial charge in [-0.1, -0.05) is 0 Å². The van der Waals surface area contributed by atoms with Gasteiger partial charge in [0.25, 0.3) is 0 Å². The zero-order chi connectivity index (χ0) is 20.1. The molecule has 0 saturated heterocycles. The van der Waals surface area contributed by atoms with Crippen LogP contribution in [-0.2, 0) is 0 Å². The maximum atomic E-state index is 10.1. The van der Waals surface area contributed by atoms with Gasteiger partial charge in [-0.05, 0) is 30.3 Å². The summed E-state index contributed by atoms with van der Waals surface area (Å²) >= 11 is 1.46. The average molecular weight is 399 g/mol. The molecule has 0 aliphatic rings. The molecule has 0 aliphatic heterocycles. The lowest BCUT2D eigenvalue weighted by molar-refractivity contribution is 0.395. The summed E-state index contributed by atoms with van der Waals surface area (Å²) in [7, 11) is 6.49. The van der Waals surface area contributed by atoms with Gasteiger partial charge in [-0.25, -0.2) is 4.68 Å². The summed E-state index contributed by atoms with van der Waals surface area (Å²) in [6.45, 7) is 0. The molecule has 0 atom stereocenters. The van der Waals surface area contributed by atoms with Crippen LogP contribution in [0.4, 0.5) is 0 Å². The normalized spacial score (nSPS) is 11.8. The predicted molar refractivity (Wildman–Crippen MR) is 110 cm³/mol. The van der Waals surface area contributed by atoms with Crippen LogP contribution in [-0.4, -0.2) is 44.4 Å². The number of aromatic nitrogens is 1. The zero-order valence-electron chi connectivity index (χ0n) is 16.0. The molecule has 146 valence electrons. The lowest BCUT2D eigenvalue weighted by Gasteiger charge is -2.11. The third kappa shape index (κ3) is 3.86. The quantitative estimate of drug-likeness (QED) is 0.645. The molecule has 2 aromatic carbocycles. The molecule has 0 radical (unpaired) electrons. The van der Waals surface area contributed by atoms with Crippen LogP contribution in [0.25, 0.3) is 11.3 Å². The molecule has 0 amide bonds. The number of hydrogen-bond acceptors (Lipinski definition) is 7. The fourth-order valence-corrected chi connectivity index (χ4v) is 3.44. The van der Waals surface area contributed by atoms with E-state index in [4.69, 9.17) is 14.2 Å². The van der Waals surface area contributed by atoms with Crippen molar-refractivity contribution in [2.75, 3.05) is 28.4 Å². The minimum absolute atomic E-state index is 0.110. The molecule has 7 nitrogen and oxygen atoms in total. The van der Waals surface area contributed by atoms with Crippen molar-refractivity contribution in [3.8, 4) is 34.3 Å². The summed E-state index contributed by atoms with van der Waals surface area (Å²) in [6, 6.07) is 10.6. The summed E-state index contributed by atoms with van der Waals surface area (Å²) in [6.07, 6.45) is 1.57. The van der Waals surface area contributed by atoms with E-state index < -0.39 is 0 Å². The first kappa shape index (κ1) is 19.5. The van der Waals surface area contributed by atoms with Gasteiger partial charge in [0.15, 0.2) is 0 Å². The molecule has 0 saturated carbocycles. The molecule has 0 fully saturated rings.